The van der Waals surface area contributed by atoms with E-state index in [-0.39, 0.29) is 0 Å². The van der Waals surface area contributed by atoms with Gasteiger partial charge in [-0.05, 0) is 62.6 Å². The molecule has 0 spiro atoms. The monoisotopic (exact) mass is 303 g/mol. The van der Waals surface area contributed by atoms with E-state index >= 15 is 0 Å². The molecule has 2 aliphatic rings. The highest BCUT2D eigenvalue weighted by atomic mass is 35.5. The third-order valence-electron chi connectivity index (χ3n) is 5.63. The second-order valence-corrected chi connectivity index (χ2v) is 7.23. The lowest BCUT2D eigenvalue weighted by atomic mass is 9.84. The molecular formula is C18H22ClNO. The predicted octanol–water partition coefficient (Wildman–Crippen LogP) is 5.17. The molecule has 3 heteroatoms. The Hall–Kier alpha value is -0.990. The quantitative estimate of drug-likeness (QED) is 0.842. The maximum absolute atomic E-state index is 6.23. The van der Waals surface area contributed by atoms with E-state index in [1.54, 1.807) is 0 Å². The number of furan rings is 1. The van der Waals surface area contributed by atoms with Crippen molar-refractivity contribution in [2.75, 3.05) is 7.05 Å². The molecule has 2 saturated carbocycles. The van der Waals surface area contributed by atoms with E-state index < -0.39 is 0 Å². The minimum atomic E-state index is 0.304. The lowest BCUT2D eigenvalue weighted by molar-refractivity contribution is 0.271. The van der Waals surface area contributed by atoms with Crippen LogP contribution in [0, 0.1) is 17.8 Å². The summed E-state index contributed by atoms with van der Waals surface area (Å²) in [5.74, 6) is 3.86. The first-order valence-corrected chi connectivity index (χ1v) is 8.47. The van der Waals surface area contributed by atoms with Gasteiger partial charge < -0.3 is 9.73 Å². The van der Waals surface area contributed by atoms with Crippen molar-refractivity contribution in [3.8, 4) is 0 Å². The van der Waals surface area contributed by atoms with E-state index in [0.717, 1.165) is 34.5 Å². The molecule has 4 unspecified atom stereocenters. The van der Waals surface area contributed by atoms with Gasteiger partial charge in [-0.3, -0.25) is 0 Å². The average molecular weight is 304 g/mol. The third kappa shape index (κ3) is 2.39. The summed E-state index contributed by atoms with van der Waals surface area (Å²) in [6, 6.07) is 8.39. The highest BCUT2D eigenvalue weighted by molar-refractivity contribution is 6.34. The van der Waals surface area contributed by atoms with E-state index in [2.05, 4.69) is 17.4 Å². The fraction of sp³-hybridized carbons (Fsp3) is 0.556. The highest BCUT2D eigenvalue weighted by Crippen LogP contribution is 2.51. The Kier molecular flexibility index (Phi) is 3.47. The maximum atomic E-state index is 6.23. The maximum Gasteiger partial charge on any atom is 0.152 e. The van der Waals surface area contributed by atoms with Gasteiger partial charge in [0.15, 0.2) is 5.58 Å². The molecule has 4 rings (SSSR count). The van der Waals surface area contributed by atoms with Crippen molar-refractivity contribution in [1.82, 2.24) is 5.32 Å². The van der Waals surface area contributed by atoms with Crippen molar-refractivity contribution in [3.63, 3.8) is 0 Å². The Bertz CT molecular complexity index is 650. The summed E-state index contributed by atoms with van der Waals surface area (Å²) in [7, 11) is 2.03. The van der Waals surface area contributed by atoms with Crippen LogP contribution in [-0.2, 0) is 0 Å². The summed E-state index contributed by atoms with van der Waals surface area (Å²) in [6.45, 7) is 0. The van der Waals surface area contributed by atoms with Crippen LogP contribution < -0.4 is 5.32 Å². The Labute approximate surface area is 130 Å². The first kappa shape index (κ1) is 13.7. The largest absolute Gasteiger partial charge is 0.458 e. The van der Waals surface area contributed by atoms with Crippen LogP contribution in [0.3, 0.4) is 0 Å². The first-order chi connectivity index (χ1) is 10.2. The summed E-state index contributed by atoms with van der Waals surface area (Å²) in [4.78, 5) is 0. The molecule has 0 aliphatic heterocycles. The van der Waals surface area contributed by atoms with Gasteiger partial charge in [0.05, 0.1) is 11.1 Å². The van der Waals surface area contributed by atoms with Crippen molar-refractivity contribution in [3.05, 3.63) is 35.0 Å². The molecule has 0 radical (unpaired) electrons. The minimum absolute atomic E-state index is 0.304. The number of rotatable bonds is 4. The Morgan fingerprint density at radius 2 is 2.24 bits per heavy atom. The second-order valence-electron chi connectivity index (χ2n) is 6.82. The van der Waals surface area contributed by atoms with Gasteiger partial charge in [-0.15, -0.1) is 0 Å². The van der Waals surface area contributed by atoms with Crippen molar-refractivity contribution < 1.29 is 4.42 Å². The number of hydrogen-bond donors (Lipinski definition) is 1. The zero-order valence-corrected chi connectivity index (χ0v) is 13.2. The van der Waals surface area contributed by atoms with Crippen LogP contribution in [0.5, 0.6) is 0 Å². The van der Waals surface area contributed by atoms with Gasteiger partial charge in [0.1, 0.15) is 5.76 Å². The molecular weight excluding hydrogens is 282 g/mol. The topological polar surface area (TPSA) is 25.2 Å². The van der Waals surface area contributed by atoms with Crippen LogP contribution in [0.25, 0.3) is 11.0 Å². The summed E-state index contributed by atoms with van der Waals surface area (Å²) < 4.78 is 6.05. The van der Waals surface area contributed by atoms with Crippen LogP contribution in [0.4, 0.5) is 0 Å². The summed E-state index contributed by atoms with van der Waals surface area (Å²) in [5, 5.41) is 5.25. The smallest absolute Gasteiger partial charge is 0.152 e. The molecule has 2 aliphatic carbocycles. The van der Waals surface area contributed by atoms with Crippen molar-refractivity contribution in [1.29, 1.82) is 0 Å². The number of benzene rings is 1. The molecule has 1 N–H and O–H groups in total. The Balaban J connectivity index is 1.58. The van der Waals surface area contributed by atoms with Gasteiger partial charge in [-0.25, -0.2) is 0 Å². The van der Waals surface area contributed by atoms with Crippen LogP contribution in [0.2, 0.25) is 5.02 Å². The summed E-state index contributed by atoms with van der Waals surface area (Å²) in [6.07, 6.45) is 6.98. The van der Waals surface area contributed by atoms with Crippen LogP contribution in [0.1, 0.15) is 43.9 Å². The molecule has 2 bridgehead atoms. The molecule has 0 amide bonds. The average Bonchev–Trinajstić information content (AvgIpc) is 3.19. The van der Waals surface area contributed by atoms with Gasteiger partial charge >= 0.3 is 0 Å². The number of hydrogen-bond acceptors (Lipinski definition) is 2. The molecule has 4 atom stereocenters. The Morgan fingerprint density at radius 3 is 2.90 bits per heavy atom. The Morgan fingerprint density at radius 1 is 1.33 bits per heavy atom. The van der Waals surface area contributed by atoms with Crippen molar-refractivity contribution in [2.24, 2.45) is 17.8 Å². The van der Waals surface area contributed by atoms with Gasteiger partial charge in [0.2, 0.25) is 0 Å². The number of halogens is 1. The molecule has 2 fully saturated rings. The minimum Gasteiger partial charge on any atom is -0.458 e. The standard InChI is InChI=1S/C18H22ClNO/c1-20-16(9-14-8-11-5-6-12(14)7-11)17-10-13-3-2-4-15(19)18(13)21-17/h2-4,10-12,14,16,20H,5-9H2,1H3. The van der Waals surface area contributed by atoms with E-state index in [0.29, 0.717) is 11.1 Å². The van der Waals surface area contributed by atoms with Gasteiger partial charge in [0.25, 0.3) is 0 Å². The number of para-hydroxylation sites is 1. The zero-order chi connectivity index (χ0) is 14.4. The van der Waals surface area contributed by atoms with Crippen molar-refractivity contribution in [2.45, 2.75) is 38.1 Å². The van der Waals surface area contributed by atoms with Crippen molar-refractivity contribution >= 4 is 22.6 Å². The molecule has 1 aromatic heterocycles. The fourth-order valence-electron chi connectivity index (χ4n) is 4.56. The molecule has 0 saturated heterocycles. The molecule has 112 valence electrons. The first-order valence-electron chi connectivity index (χ1n) is 8.10. The lowest BCUT2D eigenvalue weighted by Gasteiger charge is -2.25. The summed E-state index contributed by atoms with van der Waals surface area (Å²) >= 11 is 6.23. The van der Waals surface area contributed by atoms with E-state index in [9.17, 15) is 0 Å². The predicted molar refractivity (Wildman–Crippen MR) is 86.6 cm³/mol. The van der Waals surface area contributed by atoms with Crippen LogP contribution in [0.15, 0.2) is 28.7 Å². The zero-order valence-electron chi connectivity index (χ0n) is 12.4. The summed E-state index contributed by atoms with van der Waals surface area (Å²) in [5.41, 5.74) is 0.822. The van der Waals surface area contributed by atoms with Crippen LogP contribution >= 0.6 is 11.6 Å². The lowest BCUT2D eigenvalue weighted by Crippen LogP contribution is -2.22. The highest BCUT2D eigenvalue weighted by Gasteiger charge is 2.40. The van der Waals surface area contributed by atoms with Crippen LogP contribution in [-0.4, -0.2) is 7.05 Å². The number of fused-ring (bicyclic) bond motifs is 3. The molecule has 2 aromatic rings. The van der Waals surface area contributed by atoms with E-state index in [1.807, 2.05) is 19.2 Å². The van der Waals surface area contributed by atoms with Gasteiger partial charge in [-0.2, -0.15) is 0 Å². The molecule has 1 heterocycles. The molecule has 21 heavy (non-hydrogen) atoms. The van der Waals surface area contributed by atoms with E-state index in [4.69, 9.17) is 16.0 Å². The second kappa shape index (κ2) is 5.33. The van der Waals surface area contributed by atoms with E-state index in [1.165, 1.54) is 32.1 Å². The third-order valence-corrected chi connectivity index (χ3v) is 5.93. The van der Waals surface area contributed by atoms with Gasteiger partial charge in [-0.1, -0.05) is 30.2 Å². The fourth-order valence-corrected chi connectivity index (χ4v) is 4.78. The molecule has 2 nitrogen and oxygen atoms in total. The van der Waals surface area contributed by atoms with Gasteiger partial charge in [0, 0.05) is 5.39 Å². The normalized spacial score (nSPS) is 29.3. The SMILES string of the molecule is CNC(CC1CC2CCC1C2)c1cc2cccc(Cl)c2o1. The molecule has 1 aromatic carbocycles. The number of nitrogens with one attached hydrogen (secondary N) is 1.